The number of rotatable bonds is 2. The summed E-state index contributed by atoms with van der Waals surface area (Å²) in [5.41, 5.74) is 3.83. The van der Waals surface area contributed by atoms with Gasteiger partial charge in [0.1, 0.15) is 5.69 Å². The molecule has 1 N–H and O–H groups in total. The second-order valence-electron chi connectivity index (χ2n) is 6.25. The standard InChI is InChI=1S/C20H16BrN3O2/c1-12(25)24-9-8-14-11-16(4-7-19(14)24)22-20(26)18-5-2-13-10-15(21)3-6-17(13)23-18/h2-7,10-11H,8-9H2,1H3,(H,22,26). The summed E-state index contributed by atoms with van der Waals surface area (Å²) < 4.78 is 0.974. The Morgan fingerprint density at radius 1 is 1.12 bits per heavy atom. The molecule has 0 radical (unpaired) electrons. The van der Waals surface area contributed by atoms with Crippen LogP contribution in [0, 0.1) is 0 Å². The third-order valence-electron chi connectivity index (χ3n) is 4.50. The summed E-state index contributed by atoms with van der Waals surface area (Å²) in [5.74, 6) is -0.219. The van der Waals surface area contributed by atoms with Gasteiger partial charge in [-0.2, -0.15) is 0 Å². The van der Waals surface area contributed by atoms with E-state index in [0.29, 0.717) is 17.9 Å². The van der Waals surface area contributed by atoms with Gasteiger partial charge >= 0.3 is 0 Å². The molecular formula is C20H16BrN3O2. The van der Waals surface area contributed by atoms with E-state index in [4.69, 9.17) is 0 Å². The first kappa shape index (κ1) is 16.7. The number of hydrogen-bond donors (Lipinski definition) is 1. The van der Waals surface area contributed by atoms with Crippen LogP contribution in [0.2, 0.25) is 0 Å². The number of carbonyl (C=O) groups excluding carboxylic acids is 2. The summed E-state index contributed by atoms with van der Waals surface area (Å²) in [5, 5.41) is 3.86. The van der Waals surface area contributed by atoms with Crippen LogP contribution < -0.4 is 10.2 Å². The Balaban J connectivity index is 1.57. The predicted molar refractivity (Wildman–Crippen MR) is 106 cm³/mol. The Bertz CT molecular complexity index is 1050. The lowest BCUT2D eigenvalue weighted by Crippen LogP contribution is -2.25. The molecular weight excluding hydrogens is 394 g/mol. The molecule has 0 aliphatic carbocycles. The molecule has 0 atom stereocenters. The van der Waals surface area contributed by atoms with Crippen molar-refractivity contribution in [3.05, 3.63) is 64.3 Å². The van der Waals surface area contributed by atoms with E-state index in [0.717, 1.165) is 33.0 Å². The number of benzene rings is 2. The first-order chi connectivity index (χ1) is 12.5. The first-order valence-corrected chi connectivity index (χ1v) is 9.09. The highest BCUT2D eigenvalue weighted by atomic mass is 79.9. The predicted octanol–water partition coefficient (Wildman–Crippen LogP) is 4.16. The molecule has 130 valence electrons. The second-order valence-corrected chi connectivity index (χ2v) is 7.17. The highest BCUT2D eigenvalue weighted by molar-refractivity contribution is 9.10. The largest absolute Gasteiger partial charge is 0.321 e. The van der Waals surface area contributed by atoms with E-state index in [-0.39, 0.29) is 11.8 Å². The average Bonchev–Trinajstić information content (AvgIpc) is 3.04. The van der Waals surface area contributed by atoms with E-state index < -0.39 is 0 Å². The van der Waals surface area contributed by atoms with Gasteiger partial charge in [0, 0.05) is 34.7 Å². The number of aromatic nitrogens is 1. The van der Waals surface area contributed by atoms with Crippen molar-refractivity contribution in [1.29, 1.82) is 0 Å². The minimum absolute atomic E-state index is 0.0348. The van der Waals surface area contributed by atoms with Gasteiger partial charge in [-0.15, -0.1) is 0 Å². The normalized spacial score (nSPS) is 12.9. The van der Waals surface area contributed by atoms with Crippen LogP contribution in [-0.4, -0.2) is 23.3 Å². The van der Waals surface area contributed by atoms with Crippen molar-refractivity contribution < 1.29 is 9.59 Å². The average molecular weight is 410 g/mol. The summed E-state index contributed by atoms with van der Waals surface area (Å²) in [6.45, 7) is 2.25. The summed E-state index contributed by atoms with van der Waals surface area (Å²) >= 11 is 3.43. The second kappa shape index (κ2) is 6.53. The molecule has 0 spiro atoms. The van der Waals surface area contributed by atoms with Gasteiger partial charge < -0.3 is 10.2 Å². The summed E-state index contributed by atoms with van der Waals surface area (Å²) in [6.07, 6.45) is 0.793. The molecule has 1 aliphatic rings. The number of hydrogen-bond acceptors (Lipinski definition) is 3. The van der Waals surface area contributed by atoms with Gasteiger partial charge in [0.05, 0.1) is 5.52 Å². The van der Waals surface area contributed by atoms with Crippen molar-refractivity contribution in [2.45, 2.75) is 13.3 Å². The van der Waals surface area contributed by atoms with Crippen LogP contribution in [-0.2, 0) is 11.2 Å². The molecule has 26 heavy (non-hydrogen) atoms. The van der Waals surface area contributed by atoms with Crippen LogP contribution in [0.1, 0.15) is 23.0 Å². The number of nitrogens with one attached hydrogen (secondary N) is 1. The lowest BCUT2D eigenvalue weighted by atomic mass is 10.1. The molecule has 6 heteroatoms. The van der Waals surface area contributed by atoms with Gasteiger partial charge in [-0.05, 0) is 54.4 Å². The number of halogens is 1. The Morgan fingerprint density at radius 2 is 1.96 bits per heavy atom. The lowest BCUT2D eigenvalue weighted by Gasteiger charge is -2.15. The van der Waals surface area contributed by atoms with Crippen molar-refractivity contribution in [3.63, 3.8) is 0 Å². The van der Waals surface area contributed by atoms with Crippen molar-refractivity contribution in [2.24, 2.45) is 0 Å². The fourth-order valence-electron chi connectivity index (χ4n) is 3.22. The lowest BCUT2D eigenvalue weighted by molar-refractivity contribution is -0.116. The number of carbonyl (C=O) groups is 2. The molecule has 0 saturated carbocycles. The minimum Gasteiger partial charge on any atom is -0.321 e. The van der Waals surface area contributed by atoms with Crippen molar-refractivity contribution in [1.82, 2.24) is 4.98 Å². The third kappa shape index (κ3) is 3.08. The third-order valence-corrected chi connectivity index (χ3v) is 4.99. The molecule has 2 aromatic carbocycles. The molecule has 2 amide bonds. The van der Waals surface area contributed by atoms with Gasteiger partial charge in [-0.1, -0.05) is 22.0 Å². The fourth-order valence-corrected chi connectivity index (χ4v) is 3.60. The maximum Gasteiger partial charge on any atom is 0.274 e. The minimum atomic E-state index is -0.254. The molecule has 3 aromatic rings. The number of amides is 2. The van der Waals surface area contributed by atoms with E-state index in [2.05, 4.69) is 26.2 Å². The van der Waals surface area contributed by atoms with Crippen molar-refractivity contribution in [3.8, 4) is 0 Å². The summed E-state index contributed by atoms with van der Waals surface area (Å²) in [6, 6.07) is 15.0. The van der Waals surface area contributed by atoms with Crippen LogP contribution in [0.5, 0.6) is 0 Å². The van der Waals surface area contributed by atoms with E-state index in [1.807, 2.05) is 42.5 Å². The number of anilines is 2. The van der Waals surface area contributed by atoms with E-state index in [9.17, 15) is 9.59 Å². The number of fused-ring (bicyclic) bond motifs is 2. The van der Waals surface area contributed by atoms with E-state index in [1.54, 1.807) is 17.9 Å². The molecule has 2 heterocycles. The summed E-state index contributed by atoms with van der Waals surface area (Å²) in [4.78, 5) is 30.4. The van der Waals surface area contributed by atoms with Crippen LogP contribution in [0.25, 0.3) is 10.9 Å². The van der Waals surface area contributed by atoms with Crippen molar-refractivity contribution in [2.75, 3.05) is 16.8 Å². The topological polar surface area (TPSA) is 62.3 Å². The van der Waals surface area contributed by atoms with Crippen LogP contribution in [0.15, 0.2) is 53.0 Å². The smallest absolute Gasteiger partial charge is 0.274 e. The van der Waals surface area contributed by atoms with Gasteiger partial charge in [-0.3, -0.25) is 9.59 Å². The van der Waals surface area contributed by atoms with Crippen LogP contribution >= 0.6 is 15.9 Å². The van der Waals surface area contributed by atoms with Gasteiger partial charge in [0.2, 0.25) is 5.91 Å². The van der Waals surface area contributed by atoms with Crippen molar-refractivity contribution >= 4 is 50.0 Å². The highest BCUT2D eigenvalue weighted by Crippen LogP contribution is 2.30. The van der Waals surface area contributed by atoms with Crippen LogP contribution in [0.3, 0.4) is 0 Å². The number of nitrogens with zero attached hydrogens (tertiary/aromatic N) is 2. The Morgan fingerprint density at radius 3 is 2.77 bits per heavy atom. The molecule has 5 nitrogen and oxygen atoms in total. The summed E-state index contributed by atoms with van der Waals surface area (Å²) in [7, 11) is 0. The zero-order valence-corrected chi connectivity index (χ0v) is 15.7. The molecule has 0 saturated heterocycles. The molecule has 0 bridgehead atoms. The van der Waals surface area contributed by atoms with E-state index >= 15 is 0 Å². The van der Waals surface area contributed by atoms with Gasteiger partial charge in [0.15, 0.2) is 0 Å². The van der Waals surface area contributed by atoms with Crippen LogP contribution in [0.4, 0.5) is 11.4 Å². The molecule has 1 aromatic heterocycles. The highest BCUT2D eigenvalue weighted by Gasteiger charge is 2.22. The molecule has 1 aliphatic heterocycles. The Hall–Kier alpha value is -2.73. The maximum atomic E-state index is 12.6. The SMILES string of the molecule is CC(=O)N1CCc2cc(NC(=O)c3ccc4cc(Br)ccc4n3)ccc21. The monoisotopic (exact) mass is 409 g/mol. The molecule has 0 fully saturated rings. The van der Waals surface area contributed by atoms with Gasteiger partial charge in [-0.25, -0.2) is 4.98 Å². The van der Waals surface area contributed by atoms with Gasteiger partial charge in [0.25, 0.3) is 5.91 Å². The zero-order valence-electron chi connectivity index (χ0n) is 14.1. The number of pyridine rings is 1. The zero-order chi connectivity index (χ0) is 18.3. The first-order valence-electron chi connectivity index (χ1n) is 8.30. The van der Waals surface area contributed by atoms with E-state index in [1.165, 1.54) is 0 Å². The Labute approximate surface area is 159 Å². The fraction of sp³-hybridized carbons (Fsp3) is 0.150. The Kier molecular flexibility index (Phi) is 4.20. The quantitative estimate of drug-likeness (QED) is 0.690. The molecule has 0 unspecified atom stereocenters. The maximum absolute atomic E-state index is 12.6. The molecule has 4 rings (SSSR count).